The van der Waals surface area contributed by atoms with Gasteiger partial charge in [0, 0.05) is 18.4 Å². The monoisotopic (exact) mass is 217 g/mol. The fourth-order valence-electron chi connectivity index (χ4n) is 2.25. The van der Waals surface area contributed by atoms with Gasteiger partial charge in [0.05, 0.1) is 11.5 Å². The zero-order chi connectivity index (χ0) is 11.6. The highest BCUT2D eigenvalue weighted by atomic mass is 19.1. The van der Waals surface area contributed by atoms with E-state index in [2.05, 4.69) is 6.07 Å². The quantitative estimate of drug-likeness (QED) is 0.725. The molecule has 1 fully saturated rings. The van der Waals surface area contributed by atoms with E-state index in [1.54, 1.807) is 18.2 Å². The summed E-state index contributed by atoms with van der Waals surface area (Å²) in [6.45, 7) is 0. The van der Waals surface area contributed by atoms with Crippen molar-refractivity contribution in [1.29, 1.82) is 5.26 Å². The van der Waals surface area contributed by atoms with Crippen LogP contribution in [0.4, 0.5) is 4.39 Å². The number of halogens is 1. The van der Waals surface area contributed by atoms with Gasteiger partial charge in [-0.05, 0) is 18.9 Å². The predicted octanol–water partition coefficient (Wildman–Crippen LogP) is 2.73. The van der Waals surface area contributed by atoms with E-state index in [0.29, 0.717) is 31.2 Å². The molecule has 0 heterocycles. The zero-order valence-electron chi connectivity index (χ0n) is 8.87. The van der Waals surface area contributed by atoms with Gasteiger partial charge in [-0.1, -0.05) is 18.2 Å². The highest BCUT2D eigenvalue weighted by Crippen LogP contribution is 2.38. The Hall–Kier alpha value is -1.69. The maximum Gasteiger partial charge on any atom is 0.133 e. The maximum absolute atomic E-state index is 13.7. The van der Waals surface area contributed by atoms with Crippen molar-refractivity contribution in [3.63, 3.8) is 0 Å². The van der Waals surface area contributed by atoms with Crippen LogP contribution in [-0.4, -0.2) is 5.78 Å². The van der Waals surface area contributed by atoms with E-state index in [1.807, 2.05) is 0 Å². The highest BCUT2D eigenvalue weighted by Gasteiger charge is 2.38. The zero-order valence-corrected chi connectivity index (χ0v) is 8.87. The normalized spacial score (nSPS) is 19.1. The smallest absolute Gasteiger partial charge is 0.133 e. The summed E-state index contributed by atoms with van der Waals surface area (Å²) >= 11 is 0. The molecule has 3 heteroatoms. The number of nitrogens with zero attached hydrogens (tertiary/aromatic N) is 1. The minimum absolute atomic E-state index is 0.169. The van der Waals surface area contributed by atoms with Crippen LogP contribution in [0, 0.1) is 17.1 Å². The molecule has 1 aromatic carbocycles. The van der Waals surface area contributed by atoms with Gasteiger partial charge in [0.15, 0.2) is 0 Å². The first kappa shape index (κ1) is 10.8. The third-order valence-corrected chi connectivity index (χ3v) is 3.26. The van der Waals surface area contributed by atoms with Crippen molar-refractivity contribution < 1.29 is 9.18 Å². The van der Waals surface area contributed by atoms with Crippen LogP contribution in [0.5, 0.6) is 0 Å². The summed E-state index contributed by atoms with van der Waals surface area (Å²) < 4.78 is 13.7. The number of ketones is 1. The molecule has 0 radical (unpaired) electrons. The van der Waals surface area contributed by atoms with Crippen molar-refractivity contribution in [3.05, 3.63) is 35.6 Å². The molecule has 0 aromatic heterocycles. The fraction of sp³-hybridized carbons (Fsp3) is 0.385. The molecule has 82 valence electrons. The van der Waals surface area contributed by atoms with Crippen LogP contribution in [0.3, 0.4) is 0 Å². The molecule has 0 bridgehead atoms. The standard InChI is InChI=1S/C13H12FNO/c14-12-4-2-1-3-11(12)13(9-15)7-5-10(16)6-8-13/h1-4H,5-8H2. The van der Waals surface area contributed by atoms with E-state index in [-0.39, 0.29) is 11.6 Å². The molecule has 1 aromatic rings. The van der Waals surface area contributed by atoms with E-state index in [0.717, 1.165) is 0 Å². The third-order valence-electron chi connectivity index (χ3n) is 3.26. The molecule has 2 nitrogen and oxygen atoms in total. The SMILES string of the molecule is N#CC1(c2ccccc2F)CCC(=O)CC1. The highest BCUT2D eigenvalue weighted by molar-refractivity contribution is 5.80. The molecule has 0 N–H and O–H groups in total. The minimum Gasteiger partial charge on any atom is -0.300 e. The summed E-state index contributed by atoms with van der Waals surface area (Å²) in [5.41, 5.74) is -0.371. The van der Waals surface area contributed by atoms with Gasteiger partial charge in [-0.3, -0.25) is 4.79 Å². The Morgan fingerprint density at radius 2 is 1.88 bits per heavy atom. The topological polar surface area (TPSA) is 40.9 Å². The van der Waals surface area contributed by atoms with Crippen LogP contribution in [0.25, 0.3) is 0 Å². The van der Waals surface area contributed by atoms with Crippen molar-refractivity contribution in [3.8, 4) is 6.07 Å². The van der Waals surface area contributed by atoms with Gasteiger partial charge in [0.1, 0.15) is 11.6 Å². The van der Waals surface area contributed by atoms with Gasteiger partial charge in [-0.15, -0.1) is 0 Å². The Morgan fingerprint density at radius 3 is 2.44 bits per heavy atom. The van der Waals surface area contributed by atoms with Gasteiger partial charge >= 0.3 is 0 Å². The average Bonchev–Trinajstić information content (AvgIpc) is 2.32. The van der Waals surface area contributed by atoms with E-state index in [9.17, 15) is 14.4 Å². The maximum atomic E-state index is 13.7. The molecule has 0 saturated heterocycles. The first-order chi connectivity index (χ1) is 7.68. The minimum atomic E-state index is -0.806. The van der Waals surface area contributed by atoms with Gasteiger partial charge < -0.3 is 0 Å². The molecule has 0 atom stereocenters. The molecule has 0 amide bonds. The Kier molecular flexibility index (Phi) is 2.74. The lowest BCUT2D eigenvalue weighted by Crippen LogP contribution is -2.31. The van der Waals surface area contributed by atoms with Crippen LogP contribution in [0.15, 0.2) is 24.3 Å². The summed E-state index contributed by atoms with van der Waals surface area (Å²) in [6, 6.07) is 8.56. The summed E-state index contributed by atoms with van der Waals surface area (Å²) in [5.74, 6) is -0.180. The van der Waals surface area contributed by atoms with Crippen LogP contribution in [-0.2, 0) is 10.2 Å². The molecular weight excluding hydrogens is 205 g/mol. The lowest BCUT2D eigenvalue weighted by Gasteiger charge is -2.30. The van der Waals surface area contributed by atoms with Crippen LogP contribution < -0.4 is 0 Å². The second-order valence-corrected chi connectivity index (χ2v) is 4.21. The summed E-state index contributed by atoms with van der Waals surface area (Å²) in [7, 11) is 0. The van der Waals surface area contributed by atoms with Crippen molar-refractivity contribution in [2.75, 3.05) is 0 Å². The molecule has 0 unspecified atom stereocenters. The van der Waals surface area contributed by atoms with Crippen LogP contribution >= 0.6 is 0 Å². The fourth-order valence-corrected chi connectivity index (χ4v) is 2.25. The van der Waals surface area contributed by atoms with Gasteiger partial charge in [0.2, 0.25) is 0 Å². The largest absolute Gasteiger partial charge is 0.300 e. The number of benzene rings is 1. The van der Waals surface area contributed by atoms with Gasteiger partial charge in [0.25, 0.3) is 0 Å². The molecule has 16 heavy (non-hydrogen) atoms. The summed E-state index contributed by atoms with van der Waals surface area (Å²) in [4.78, 5) is 11.2. The van der Waals surface area contributed by atoms with E-state index < -0.39 is 5.41 Å². The number of nitriles is 1. The first-order valence-electron chi connectivity index (χ1n) is 5.36. The number of rotatable bonds is 1. The van der Waals surface area contributed by atoms with Gasteiger partial charge in [-0.2, -0.15) is 5.26 Å². The van der Waals surface area contributed by atoms with Crippen molar-refractivity contribution in [1.82, 2.24) is 0 Å². The molecule has 1 aliphatic rings. The molecule has 1 saturated carbocycles. The molecule has 0 spiro atoms. The number of hydrogen-bond donors (Lipinski definition) is 0. The Morgan fingerprint density at radius 1 is 1.25 bits per heavy atom. The molecule has 2 rings (SSSR count). The van der Waals surface area contributed by atoms with Crippen LogP contribution in [0.1, 0.15) is 31.2 Å². The lowest BCUT2D eigenvalue weighted by atomic mass is 9.70. The number of carbonyl (C=O) groups is 1. The van der Waals surface area contributed by atoms with Gasteiger partial charge in [-0.25, -0.2) is 4.39 Å². The average molecular weight is 217 g/mol. The second-order valence-electron chi connectivity index (χ2n) is 4.21. The number of hydrogen-bond acceptors (Lipinski definition) is 2. The Labute approximate surface area is 93.7 Å². The molecule has 1 aliphatic carbocycles. The van der Waals surface area contributed by atoms with E-state index in [1.165, 1.54) is 6.07 Å². The Balaban J connectivity index is 2.40. The van der Waals surface area contributed by atoms with E-state index >= 15 is 0 Å². The lowest BCUT2D eigenvalue weighted by molar-refractivity contribution is -0.121. The predicted molar refractivity (Wildman–Crippen MR) is 57.2 cm³/mol. The van der Waals surface area contributed by atoms with Crippen molar-refractivity contribution in [2.24, 2.45) is 0 Å². The Bertz CT molecular complexity index is 451. The van der Waals surface area contributed by atoms with E-state index in [4.69, 9.17) is 0 Å². The summed E-state index contributed by atoms with van der Waals surface area (Å²) in [5, 5.41) is 9.28. The molecular formula is C13H12FNO. The second kappa shape index (κ2) is 4.05. The number of Topliss-reactive ketones (excluding diaryl/α,β-unsaturated/α-hetero) is 1. The first-order valence-corrected chi connectivity index (χ1v) is 5.36. The third kappa shape index (κ3) is 1.71. The van der Waals surface area contributed by atoms with Crippen molar-refractivity contribution >= 4 is 5.78 Å². The number of carbonyl (C=O) groups excluding carboxylic acids is 1. The van der Waals surface area contributed by atoms with Crippen molar-refractivity contribution in [2.45, 2.75) is 31.1 Å². The summed E-state index contributed by atoms with van der Waals surface area (Å²) in [6.07, 6.45) is 1.62. The molecule has 0 aliphatic heterocycles. The van der Waals surface area contributed by atoms with Crippen LogP contribution in [0.2, 0.25) is 0 Å².